The van der Waals surface area contributed by atoms with E-state index in [9.17, 15) is 0 Å². The fourth-order valence-electron chi connectivity index (χ4n) is 6.36. The Hall–Kier alpha value is -2.02. The van der Waals surface area contributed by atoms with Gasteiger partial charge >= 0.3 is 0 Å². The molecule has 4 atom stereocenters. The van der Waals surface area contributed by atoms with Crippen LogP contribution < -0.4 is 0 Å². The van der Waals surface area contributed by atoms with Gasteiger partial charge in [0.2, 0.25) is 8.32 Å². The van der Waals surface area contributed by atoms with Crippen LogP contribution in [0.2, 0.25) is 16.6 Å². The van der Waals surface area contributed by atoms with E-state index in [-0.39, 0.29) is 24.4 Å². The van der Waals surface area contributed by atoms with Crippen molar-refractivity contribution in [3.05, 3.63) is 97.1 Å². The molecular weight excluding hydrogens is 536 g/mol. The Bertz CT molecular complexity index is 970. The first-order chi connectivity index (χ1) is 20.2. The van der Waals surface area contributed by atoms with E-state index in [1.807, 2.05) is 48.6 Å². The summed E-state index contributed by atoms with van der Waals surface area (Å²) in [6.07, 6.45) is 6.50. The smallest absolute Gasteiger partial charge is 0.200 e. The highest BCUT2D eigenvalue weighted by atomic mass is 28.4. The maximum Gasteiger partial charge on any atom is 0.200 e. The van der Waals surface area contributed by atoms with E-state index in [2.05, 4.69) is 85.9 Å². The molecule has 0 heterocycles. The Kier molecular flexibility index (Phi) is 16.6. The summed E-state index contributed by atoms with van der Waals surface area (Å²) in [5, 5.41) is 0. The Labute approximate surface area is 258 Å². The molecule has 0 bridgehead atoms. The van der Waals surface area contributed by atoms with Gasteiger partial charge in [0.05, 0.1) is 37.6 Å². The Morgan fingerprint density at radius 3 is 1.64 bits per heavy atom. The average molecular weight is 595 g/mol. The van der Waals surface area contributed by atoms with Gasteiger partial charge < -0.3 is 18.6 Å². The molecule has 0 aliphatic rings. The molecule has 0 aromatic heterocycles. The van der Waals surface area contributed by atoms with Gasteiger partial charge in [-0.25, -0.2) is 0 Å². The molecule has 0 aliphatic heterocycles. The van der Waals surface area contributed by atoms with E-state index in [4.69, 9.17) is 18.6 Å². The first-order valence-corrected chi connectivity index (χ1v) is 18.2. The lowest BCUT2D eigenvalue weighted by atomic mass is 10.0. The predicted octanol–water partition coefficient (Wildman–Crippen LogP) is 10.1. The van der Waals surface area contributed by atoms with Crippen LogP contribution in [0, 0.1) is 0 Å². The van der Waals surface area contributed by atoms with Crippen LogP contribution in [0.3, 0.4) is 0 Å². The van der Waals surface area contributed by atoms with Gasteiger partial charge in [-0.3, -0.25) is 0 Å². The van der Waals surface area contributed by atoms with Crippen molar-refractivity contribution >= 4 is 8.32 Å². The van der Waals surface area contributed by atoms with Gasteiger partial charge in [0.1, 0.15) is 0 Å². The quantitative estimate of drug-likeness (QED) is 0.0772. The lowest BCUT2D eigenvalue weighted by Crippen LogP contribution is -2.53. The first-order valence-electron chi connectivity index (χ1n) is 16.0. The van der Waals surface area contributed by atoms with Gasteiger partial charge in [0.15, 0.2) is 0 Å². The molecule has 2 rings (SSSR count). The van der Waals surface area contributed by atoms with Gasteiger partial charge in [0.25, 0.3) is 0 Å². The highest BCUT2D eigenvalue weighted by molar-refractivity contribution is 6.77. The molecule has 0 amide bonds. The standard InChI is InChI=1S/C37H58O4Si/c1-10-19-36(40-34(12-3)37(20-11-2)41-42(29(4)5,30(6)7)31(8)9)35(39-28-33-23-17-14-18-24-33)25-26-38-27-32-21-15-13-16-22-32/h10-11,13-18,21-24,29-31,34-37H,1-2,12,19-20,25-28H2,3-9H3/t34-,35+,36-,37-/m1/s1. The lowest BCUT2D eigenvalue weighted by molar-refractivity contribution is -0.137. The lowest BCUT2D eigenvalue weighted by Gasteiger charge is -2.46. The molecule has 0 spiro atoms. The van der Waals surface area contributed by atoms with Crippen molar-refractivity contribution < 1.29 is 18.6 Å². The number of rotatable bonds is 22. The van der Waals surface area contributed by atoms with E-state index in [0.29, 0.717) is 42.9 Å². The number of ether oxygens (including phenoxy) is 3. The summed E-state index contributed by atoms with van der Waals surface area (Å²) in [7, 11) is -2.12. The molecule has 0 radical (unpaired) electrons. The van der Waals surface area contributed by atoms with Crippen molar-refractivity contribution in [3.8, 4) is 0 Å². The summed E-state index contributed by atoms with van der Waals surface area (Å²) in [5.74, 6) is 0. The molecule has 234 valence electrons. The third-order valence-corrected chi connectivity index (χ3v) is 14.5. The fraction of sp³-hybridized carbons (Fsp3) is 0.568. The molecule has 2 aromatic rings. The zero-order chi connectivity index (χ0) is 31.0. The molecule has 0 fully saturated rings. The Morgan fingerprint density at radius 2 is 1.17 bits per heavy atom. The molecule has 42 heavy (non-hydrogen) atoms. The minimum Gasteiger partial charge on any atom is -0.410 e. The van der Waals surface area contributed by atoms with Crippen LogP contribution in [0.25, 0.3) is 0 Å². The Morgan fingerprint density at radius 1 is 0.667 bits per heavy atom. The van der Waals surface area contributed by atoms with Crippen molar-refractivity contribution in [2.75, 3.05) is 6.61 Å². The van der Waals surface area contributed by atoms with Crippen molar-refractivity contribution in [1.82, 2.24) is 0 Å². The van der Waals surface area contributed by atoms with Crippen LogP contribution in [-0.4, -0.2) is 39.3 Å². The van der Waals surface area contributed by atoms with Crippen molar-refractivity contribution in [2.24, 2.45) is 0 Å². The monoisotopic (exact) mass is 594 g/mol. The van der Waals surface area contributed by atoms with Crippen LogP contribution in [0.5, 0.6) is 0 Å². The van der Waals surface area contributed by atoms with E-state index in [1.54, 1.807) is 0 Å². The molecule has 0 saturated heterocycles. The molecule has 0 saturated carbocycles. The van der Waals surface area contributed by atoms with Crippen LogP contribution in [0.1, 0.15) is 85.3 Å². The third-order valence-electron chi connectivity index (χ3n) is 8.41. The molecule has 2 aromatic carbocycles. The molecule has 4 nitrogen and oxygen atoms in total. The van der Waals surface area contributed by atoms with E-state index >= 15 is 0 Å². The van der Waals surface area contributed by atoms with Crippen LogP contribution in [0.4, 0.5) is 0 Å². The average Bonchev–Trinajstić information content (AvgIpc) is 2.97. The summed E-state index contributed by atoms with van der Waals surface area (Å²) in [6, 6.07) is 20.6. The van der Waals surface area contributed by atoms with Gasteiger partial charge in [-0.1, -0.05) is 121 Å². The van der Waals surface area contributed by atoms with Gasteiger partial charge in [-0.05, 0) is 53.4 Å². The Balaban J connectivity index is 2.27. The molecule has 0 unspecified atom stereocenters. The number of hydrogen-bond acceptors (Lipinski definition) is 4. The summed E-state index contributed by atoms with van der Waals surface area (Å²) in [4.78, 5) is 0. The van der Waals surface area contributed by atoms with E-state index in [0.717, 1.165) is 24.8 Å². The molecular formula is C37H58O4Si. The zero-order valence-corrected chi connectivity index (χ0v) is 28.5. The molecule has 5 heteroatoms. The van der Waals surface area contributed by atoms with Gasteiger partial charge in [0, 0.05) is 6.61 Å². The minimum absolute atomic E-state index is 0.0530. The van der Waals surface area contributed by atoms with E-state index in [1.165, 1.54) is 5.56 Å². The maximum absolute atomic E-state index is 7.30. The van der Waals surface area contributed by atoms with Crippen molar-refractivity contribution in [2.45, 2.75) is 128 Å². The second-order valence-corrected chi connectivity index (χ2v) is 17.7. The third kappa shape index (κ3) is 10.9. The molecule has 0 aliphatic carbocycles. The summed E-state index contributed by atoms with van der Waals surface area (Å²) >= 11 is 0. The second kappa shape index (κ2) is 19.3. The molecule has 0 N–H and O–H groups in total. The zero-order valence-electron chi connectivity index (χ0n) is 27.5. The van der Waals surface area contributed by atoms with E-state index < -0.39 is 8.32 Å². The minimum atomic E-state index is -2.12. The van der Waals surface area contributed by atoms with Gasteiger partial charge in [-0.2, -0.15) is 0 Å². The maximum atomic E-state index is 7.30. The summed E-state index contributed by atoms with van der Waals surface area (Å²) < 4.78 is 27.0. The second-order valence-electron chi connectivity index (χ2n) is 12.3. The van der Waals surface area contributed by atoms with Crippen LogP contribution in [0.15, 0.2) is 86.0 Å². The normalized spacial score (nSPS) is 15.1. The first kappa shape index (κ1) is 36.2. The van der Waals surface area contributed by atoms with Crippen molar-refractivity contribution in [3.63, 3.8) is 0 Å². The van der Waals surface area contributed by atoms with Gasteiger partial charge in [-0.15, -0.1) is 13.2 Å². The van der Waals surface area contributed by atoms with Crippen LogP contribution in [-0.2, 0) is 31.9 Å². The SMILES string of the molecule is C=CC[C@@H](O[C@H](CC)[C@@H](CC=C)O[Si](C(C)C)(C(C)C)C(C)C)[C@H](CCOCc1ccccc1)OCc1ccccc1. The number of benzene rings is 2. The number of hydrogen-bond donors (Lipinski definition) is 0. The largest absolute Gasteiger partial charge is 0.410 e. The topological polar surface area (TPSA) is 36.9 Å². The van der Waals surface area contributed by atoms with Crippen LogP contribution >= 0.6 is 0 Å². The fourth-order valence-corrected chi connectivity index (χ4v) is 11.9. The summed E-state index contributed by atoms with van der Waals surface area (Å²) in [6.45, 7) is 26.1. The predicted molar refractivity (Wildman–Crippen MR) is 180 cm³/mol. The highest BCUT2D eigenvalue weighted by Crippen LogP contribution is 2.44. The van der Waals surface area contributed by atoms with Crippen molar-refractivity contribution in [1.29, 1.82) is 0 Å². The highest BCUT2D eigenvalue weighted by Gasteiger charge is 2.47. The summed E-state index contributed by atoms with van der Waals surface area (Å²) in [5.41, 5.74) is 3.80.